The molecular formula is C15H25N3. The molecule has 0 aromatic carbocycles. The molecule has 1 saturated heterocycles. The van der Waals surface area contributed by atoms with Crippen molar-refractivity contribution in [3.8, 4) is 0 Å². The van der Waals surface area contributed by atoms with Gasteiger partial charge in [-0.05, 0) is 37.5 Å². The molecular weight excluding hydrogens is 222 g/mol. The van der Waals surface area contributed by atoms with Crippen LogP contribution < -0.4 is 5.32 Å². The van der Waals surface area contributed by atoms with Gasteiger partial charge in [-0.25, -0.2) is 0 Å². The summed E-state index contributed by atoms with van der Waals surface area (Å²) in [5.74, 6) is 0. The Labute approximate surface area is 111 Å². The molecule has 0 amide bonds. The SMILES string of the molecule is CCCC1CN(Cc2cnccc2C)C(C)CN1. The first-order valence-corrected chi connectivity index (χ1v) is 7.07. The van der Waals surface area contributed by atoms with Crippen molar-refractivity contribution in [2.24, 2.45) is 0 Å². The highest BCUT2D eigenvalue weighted by atomic mass is 15.2. The zero-order valence-corrected chi connectivity index (χ0v) is 11.8. The Morgan fingerprint density at radius 3 is 3.06 bits per heavy atom. The molecule has 1 aliphatic heterocycles. The molecule has 18 heavy (non-hydrogen) atoms. The third-order valence-corrected chi connectivity index (χ3v) is 3.94. The van der Waals surface area contributed by atoms with Crippen molar-refractivity contribution in [3.63, 3.8) is 0 Å². The predicted octanol–water partition coefficient (Wildman–Crippen LogP) is 2.35. The maximum atomic E-state index is 4.25. The fraction of sp³-hybridized carbons (Fsp3) is 0.667. The first-order chi connectivity index (χ1) is 8.70. The highest BCUT2D eigenvalue weighted by molar-refractivity contribution is 5.21. The topological polar surface area (TPSA) is 28.2 Å². The Morgan fingerprint density at radius 1 is 1.50 bits per heavy atom. The Hall–Kier alpha value is -0.930. The maximum Gasteiger partial charge on any atom is 0.0315 e. The third-order valence-electron chi connectivity index (χ3n) is 3.94. The van der Waals surface area contributed by atoms with Crippen molar-refractivity contribution in [2.75, 3.05) is 13.1 Å². The molecule has 2 atom stereocenters. The zero-order chi connectivity index (χ0) is 13.0. The van der Waals surface area contributed by atoms with Crippen LogP contribution in [-0.4, -0.2) is 35.1 Å². The minimum Gasteiger partial charge on any atom is -0.311 e. The lowest BCUT2D eigenvalue weighted by Gasteiger charge is -2.39. The number of nitrogens with one attached hydrogen (secondary N) is 1. The van der Waals surface area contributed by atoms with E-state index in [0.717, 1.165) is 19.6 Å². The van der Waals surface area contributed by atoms with Gasteiger partial charge in [-0.15, -0.1) is 0 Å². The van der Waals surface area contributed by atoms with E-state index in [1.165, 1.54) is 24.0 Å². The van der Waals surface area contributed by atoms with Crippen LogP contribution in [0.3, 0.4) is 0 Å². The van der Waals surface area contributed by atoms with Gasteiger partial charge in [0.2, 0.25) is 0 Å². The lowest BCUT2D eigenvalue weighted by molar-refractivity contribution is 0.129. The van der Waals surface area contributed by atoms with E-state index in [0.29, 0.717) is 12.1 Å². The van der Waals surface area contributed by atoms with Gasteiger partial charge in [0, 0.05) is 44.1 Å². The molecule has 100 valence electrons. The number of hydrogen-bond donors (Lipinski definition) is 1. The van der Waals surface area contributed by atoms with E-state index in [2.05, 4.69) is 42.0 Å². The fourth-order valence-electron chi connectivity index (χ4n) is 2.64. The summed E-state index contributed by atoms with van der Waals surface area (Å²) >= 11 is 0. The molecule has 1 aliphatic rings. The van der Waals surface area contributed by atoms with Gasteiger partial charge in [-0.2, -0.15) is 0 Å². The van der Waals surface area contributed by atoms with Gasteiger partial charge in [0.1, 0.15) is 0 Å². The number of hydrogen-bond acceptors (Lipinski definition) is 3. The summed E-state index contributed by atoms with van der Waals surface area (Å²) in [6.45, 7) is 10.0. The van der Waals surface area contributed by atoms with Gasteiger partial charge >= 0.3 is 0 Å². The minimum atomic E-state index is 0.609. The van der Waals surface area contributed by atoms with E-state index in [4.69, 9.17) is 0 Å². The summed E-state index contributed by atoms with van der Waals surface area (Å²) in [6, 6.07) is 3.37. The average molecular weight is 247 g/mol. The second-order valence-electron chi connectivity index (χ2n) is 5.47. The molecule has 0 radical (unpaired) electrons. The Kier molecular flexibility index (Phi) is 4.72. The minimum absolute atomic E-state index is 0.609. The van der Waals surface area contributed by atoms with E-state index >= 15 is 0 Å². The van der Waals surface area contributed by atoms with E-state index in [-0.39, 0.29) is 0 Å². The Morgan fingerprint density at radius 2 is 2.33 bits per heavy atom. The summed E-state index contributed by atoms with van der Waals surface area (Å²) in [5.41, 5.74) is 2.71. The molecule has 2 heterocycles. The van der Waals surface area contributed by atoms with Crippen molar-refractivity contribution in [2.45, 2.75) is 52.2 Å². The molecule has 2 rings (SSSR count). The van der Waals surface area contributed by atoms with E-state index in [1.54, 1.807) is 0 Å². The normalized spacial score (nSPS) is 25.3. The van der Waals surface area contributed by atoms with Crippen molar-refractivity contribution >= 4 is 0 Å². The van der Waals surface area contributed by atoms with Crippen LogP contribution >= 0.6 is 0 Å². The lowest BCUT2D eigenvalue weighted by atomic mass is 10.0. The Balaban J connectivity index is 2.00. The monoisotopic (exact) mass is 247 g/mol. The summed E-state index contributed by atoms with van der Waals surface area (Å²) < 4.78 is 0. The van der Waals surface area contributed by atoms with Crippen LogP contribution in [-0.2, 0) is 6.54 Å². The van der Waals surface area contributed by atoms with Crippen LogP contribution in [0.2, 0.25) is 0 Å². The summed E-state index contributed by atoms with van der Waals surface area (Å²) in [5, 5.41) is 3.64. The van der Waals surface area contributed by atoms with Crippen LogP contribution in [0, 0.1) is 6.92 Å². The van der Waals surface area contributed by atoms with Crippen molar-refractivity contribution in [1.29, 1.82) is 0 Å². The molecule has 1 aromatic heterocycles. The predicted molar refractivity (Wildman–Crippen MR) is 75.5 cm³/mol. The molecule has 2 unspecified atom stereocenters. The molecule has 0 saturated carbocycles. The van der Waals surface area contributed by atoms with Crippen molar-refractivity contribution in [1.82, 2.24) is 15.2 Å². The number of pyridine rings is 1. The van der Waals surface area contributed by atoms with Crippen LogP contribution in [0.15, 0.2) is 18.5 Å². The van der Waals surface area contributed by atoms with Gasteiger partial charge in [-0.1, -0.05) is 13.3 Å². The molecule has 0 aliphatic carbocycles. The van der Waals surface area contributed by atoms with Gasteiger partial charge in [0.05, 0.1) is 0 Å². The van der Waals surface area contributed by atoms with Crippen molar-refractivity contribution in [3.05, 3.63) is 29.6 Å². The zero-order valence-electron chi connectivity index (χ0n) is 11.8. The largest absolute Gasteiger partial charge is 0.311 e. The van der Waals surface area contributed by atoms with Crippen molar-refractivity contribution < 1.29 is 0 Å². The molecule has 1 fully saturated rings. The second-order valence-corrected chi connectivity index (χ2v) is 5.47. The summed E-state index contributed by atoms with van der Waals surface area (Å²) in [6.07, 6.45) is 6.42. The lowest BCUT2D eigenvalue weighted by Crippen LogP contribution is -2.54. The van der Waals surface area contributed by atoms with Crippen LogP contribution in [0.25, 0.3) is 0 Å². The first-order valence-electron chi connectivity index (χ1n) is 7.07. The van der Waals surface area contributed by atoms with Crippen LogP contribution in [0.5, 0.6) is 0 Å². The standard InChI is InChI=1S/C15H25N3/c1-4-5-15-11-18(13(3)8-17-15)10-14-9-16-7-6-12(14)2/h6-7,9,13,15,17H,4-5,8,10-11H2,1-3H3. The second kappa shape index (κ2) is 6.30. The van der Waals surface area contributed by atoms with Gasteiger partial charge < -0.3 is 5.32 Å². The third kappa shape index (κ3) is 3.30. The van der Waals surface area contributed by atoms with Crippen LogP contribution in [0.1, 0.15) is 37.8 Å². The van der Waals surface area contributed by atoms with Crippen LogP contribution in [0.4, 0.5) is 0 Å². The van der Waals surface area contributed by atoms with E-state index < -0.39 is 0 Å². The smallest absolute Gasteiger partial charge is 0.0315 e. The van der Waals surface area contributed by atoms with E-state index in [9.17, 15) is 0 Å². The average Bonchev–Trinajstić information content (AvgIpc) is 2.36. The molecule has 0 spiro atoms. The molecule has 0 bridgehead atoms. The number of piperazine rings is 1. The highest BCUT2D eigenvalue weighted by Crippen LogP contribution is 2.16. The molecule has 3 heteroatoms. The first kappa shape index (κ1) is 13.5. The van der Waals surface area contributed by atoms with Gasteiger partial charge in [0.15, 0.2) is 0 Å². The van der Waals surface area contributed by atoms with Gasteiger partial charge in [0.25, 0.3) is 0 Å². The quantitative estimate of drug-likeness (QED) is 0.885. The fourth-order valence-corrected chi connectivity index (χ4v) is 2.64. The highest BCUT2D eigenvalue weighted by Gasteiger charge is 2.24. The summed E-state index contributed by atoms with van der Waals surface area (Å²) in [4.78, 5) is 6.83. The number of nitrogens with zero attached hydrogens (tertiary/aromatic N) is 2. The number of aryl methyl sites for hydroxylation is 1. The number of rotatable bonds is 4. The number of aromatic nitrogens is 1. The van der Waals surface area contributed by atoms with Gasteiger partial charge in [-0.3, -0.25) is 9.88 Å². The molecule has 1 N–H and O–H groups in total. The maximum absolute atomic E-state index is 4.25. The van der Waals surface area contributed by atoms with E-state index in [1.807, 2.05) is 12.4 Å². The Bertz CT molecular complexity index is 378. The summed E-state index contributed by atoms with van der Waals surface area (Å²) in [7, 11) is 0. The molecule has 3 nitrogen and oxygen atoms in total. The molecule has 1 aromatic rings.